The molecular weight excluding hydrogens is 310 g/mol. The first-order valence-electron chi connectivity index (χ1n) is 7.54. The summed E-state index contributed by atoms with van der Waals surface area (Å²) < 4.78 is 24.2. The number of anilines is 1. The lowest BCUT2D eigenvalue weighted by Gasteiger charge is -2.17. The molecule has 0 radical (unpaired) electrons. The molecule has 0 spiro atoms. The van der Waals surface area contributed by atoms with Gasteiger partial charge in [0.1, 0.15) is 5.75 Å². The lowest BCUT2D eigenvalue weighted by Crippen LogP contribution is -2.33. The molecular formula is C18H21NO3S. The monoisotopic (exact) mass is 331 g/mol. The van der Waals surface area contributed by atoms with Crippen molar-refractivity contribution in [3.63, 3.8) is 0 Å². The van der Waals surface area contributed by atoms with Crippen LogP contribution in [0.1, 0.15) is 12.0 Å². The number of carbonyl (C=O) groups is 1. The van der Waals surface area contributed by atoms with Gasteiger partial charge in [0.2, 0.25) is 5.91 Å². The van der Waals surface area contributed by atoms with E-state index >= 15 is 0 Å². The van der Waals surface area contributed by atoms with E-state index in [2.05, 4.69) is 0 Å². The zero-order chi connectivity index (χ0) is 16.7. The standard InChI is InChI=1S/C18H21NO3S/c1-19(17-12-6-3-7-13-17)18(20)15-23(21,22)14-8-11-16-9-4-2-5-10-16/h2-7,9-10,12-13H,8,11,14-15H2,1H3. The number of sulfone groups is 1. The van der Waals surface area contributed by atoms with Gasteiger partial charge in [0.05, 0.1) is 5.75 Å². The van der Waals surface area contributed by atoms with Crippen LogP contribution in [0.15, 0.2) is 60.7 Å². The molecule has 0 saturated carbocycles. The van der Waals surface area contributed by atoms with E-state index in [0.717, 1.165) is 5.56 Å². The number of hydrogen-bond donors (Lipinski definition) is 0. The molecule has 0 bridgehead atoms. The van der Waals surface area contributed by atoms with Gasteiger partial charge in [-0.05, 0) is 30.5 Å². The van der Waals surface area contributed by atoms with Gasteiger partial charge >= 0.3 is 0 Å². The number of aryl methyl sites for hydroxylation is 1. The normalized spacial score (nSPS) is 11.2. The average molecular weight is 331 g/mol. The second kappa shape index (κ2) is 7.92. The summed E-state index contributed by atoms with van der Waals surface area (Å²) in [5.41, 5.74) is 1.80. The highest BCUT2D eigenvalue weighted by Crippen LogP contribution is 2.12. The van der Waals surface area contributed by atoms with Crippen LogP contribution in [0.5, 0.6) is 0 Å². The smallest absolute Gasteiger partial charge is 0.241 e. The number of amides is 1. The number of benzene rings is 2. The maximum atomic E-state index is 12.1. The highest BCUT2D eigenvalue weighted by Gasteiger charge is 2.20. The van der Waals surface area contributed by atoms with E-state index < -0.39 is 21.5 Å². The van der Waals surface area contributed by atoms with Crippen LogP contribution in [0.3, 0.4) is 0 Å². The zero-order valence-electron chi connectivity index (χ0n) is 13.2. The zero-order valence-corrected chi connectivity index (χ0v) is 14.0. The summed E-state index contributed by atoms with van der Waals surface area (Å²) in [7, 11) is -1.80. The molecule has 2 aromatic rings. The average Bonchev–Trinajstić information content (AvgIpc) is 2.55. The van der Waals surface area contributed by atoms with Crippen LogP contribution >= 0.6 is 0 Å². The predicted octanol–water partition coefficient (Wildman–Crippen LogP) is 2.70. The fraction of sp³-hybridized carbons (Fsp3) is 0.278. The lowest BCUT2D eigenvalue weighted by molar-refractivity contribution is -0.115. The van der Waals surface area contributed by atoms with Crippen molar-refractivity contribution in [1.29, 1.82) is 0 Å². The molecule has 0 fully saturated rings. The van der Waals surface area contributed by atoms with Gasteiger partial charge in [-0.3, -0.25) is 4.79 Å². The Kier molecular flexibility index (Phi) is 5.93. The topological polar surface area (TPSA) is 54.5 Å². The molecule has 0 heterocycles. The Hall–Kier alpha value is -2.14. The van der Waals surface area contributed by atoms with E-state index in [1.54, 1.807) is 19.2 Å². The first-order chi connectivity index (χ1) is 11.0. The van der Waals surface area contributed by atoms with Gasteiger partial charge in [0.25, 0.3) is 0 Å². The minimum Gasteiger partial charge on any atom is -0.315 e. The van der Waals surface area contributed by atoms with Crippen LogP contribution in [0, 0.1) is 0 Å². The third kappa shape index (κ3) is 5.53. The lowest BCUT2D eigenvalue weighted by atomic mass is 10.1. The van der Waals surface area contributed by atoms with Gasteiger partial charge in [-0.1, -0.05) is 48.5 Å². The van der Waals surface area contributed by atoms with Crippen LogP contribution in [0.25, 0.3) is 0 Å². The van der Waals surface area contributed by atoms with Crippen LogP contribution in [-0.4, -0.2) is 32.9 Å². The van der Waals surface area contributed by atoms with Crippen molar-refractivity contribution >= 4 is 21.4 Å². The Morgan fingerprint density at radius 1 is 0.957 bits per heavy atom. The van der Waals surface area contributed by atoms with E-state index in [4.69, 9.17) is 0 Å². The van der Waals surface area contributed by atoms with Crippen LogP contribution in [0.4, 0.5) is 5.69 Å². The molecule has 0 aliphatic carbocycles. The molecule has 0 aromatic heterocycles. The first-order valence-corrected chi connectivity index (χ1v) is 9.36. The minimum absolute atomic E-state index is 0.0241. The third-order valence-electron chi connectivity index (χ3n) is 3.62. The summed E-state index contributed by atoms with van der Waals surface area (Å²) in [4.78, 5) is 13.5. The van der Waals surface area contributed by atoms with Crippen molar-refractivity contribution in [2.24, 2.45) is 0 Å². The van der Waals surface area contributed by atoms with E-state index in [1.807, 2.05) is 48.5 Å². The molecule has 1 amide bonds. The molecule has 23 heavy (non-hydrogen) atoms. The van der Waals surface area contributed by atoms with Crippen LogP contribution in [-0.2, 0) is 21.1 Å². The van der Waals surface area contributed by atoms with Gasteiger partial charge < -0.3 is 4.90 Å². The molecule has 0 unspecified atom stereocenters. The second-order valence-electron chi connectivity index (χ2n) is 5.47. The highest BCUT2D eigenvalue weighted by molar-refractivity contribution is 7.92. The van der Waals surface area contributed by atoms with Gasteiger partial charge in [-0.2, -0.15) is 0 Å². The SMILES string of the molecule is CN(C(=O)CS(=O)(=O)CCCc1ccccc1)c1ccccc1. The number of hydrogen-bond acceptors (Lipinski definition) is 3. The molecule has 4 nitrogen and oxygen atoms in total. The molecule has 2 rings (SSSR count). The van der Waals surface area contributed by atoms with Gasteiger partial charge in [-0.25, -0.2) is 8.42 Å². The molecule has 0 saturated heterocycles. The van der Waals surface area contributed by atoms with E-state index in [0.29, 0.717) is 18.5 Å². The minimum atomic E-state index is -3.40. The highest BCUT2D eigenvalue weighted by atomic mass is 32.2. The van der Waals surface area contributed by atoms with Gasteiger partial charge in [0, 0.05) is 12.7 Å². The summed E-state index contributed by atoms with van der Waals surface area (Å²) in [5, 5.41) is 0. The number of carbonyl (C=O) groups excluding carboxylic acids is 1. The molecule has 2 aromatic carbocycles. The molecule has 0 aliphatic heterocycles. The van der Waals surface area contributed by atoms with Crippen LogP contribution < -0.4 is 4.90 Å². The first kappa shape index (κ1) is 17.2. The van der Waals surface area contributed by atoms with Crippen molar-refractivity contribution in [2.45, 2.75) is 12.8 Å². The molecule has 5 heteroatoms. The Balaban J connectivity index is 1.86. The number of nitrogens with zero attached hydrogens (tertiary/aromatic N) is 1. The maximum Gasteiger partial charge on any atom is 0.241 e. The van der Waals surface area contributed by atoms with E-state index in [-0.39, 0.29) is 5.75 Å². The molecule has 0 N–H and O–H groups in total. The summed E-state index contributed by atoms with van der Waals surface area (Å²) >= 11 is 0. The van der Waals surface area contributed by atoms with E-state index in [9.17, 15) is 13.2 Å². The summed E-state index contributed by atoms with van der Waals surface area (Å²) in [5.74, 6) is -0.834. The molecule has 122 valence electrons. The Labute approximate surface area is 137 Å². The van der Waals surface area contributed by atoms with Crippen molar-refractivity contribution in [1.82, 2.24) is 0 Å². The Bertz CT molecular complexity index is 727. The van der Waals surface area contributed by atoms with Crippen molar-refractivity contribution in [2.75, 3.05) is 23.5 Å². The number of para-hydroxylation sites is 1. The van der Waals surface area contributed by atoms with Crippen LogP contribution in [0.2, 0.25) is 0 Å². The fourth-order valence-corrected chi connectivity index (χ4v) is 3.59. The van der Waals surface area contributed by atoms with E-state index in [1.165, 1.54) is 4.90 Å². The summed E-state index contributed by atoms with van der Waals surface area (Å²) in [6.45, 7) is 0. The van der Waals surface area contributed by atoms with Crippen molar-refractivity contribution in [3.05, 3.63) is 66.2 Å². The number of rotatable bonds is 7. The Morgan fingerprint density at radius 2 is 1.52 bits per heavy atom. The van der Waals surface area contributed by atoms with Crippen molar-refractivity contribution < 1.29 is 13.2 Å². The fourth-order valence-electron chi connectivity index (χ4n) is 2.29. The summed E-state index contributed by atoms with van der Waals surface area (Å²) in [6.07, 6.45) is 1.22. The van der Waals surface area contributed by atoms with Crippen molar-refractivity contribution in [3.8, 4) is 0 Å². The largest absolute Gasteiger partial charge is 0.315 e. The maximum absolute atomic E-state index is 12.1. The van der Waals surface area contributed by atoms with Gasteiger partial charge in [0.15, 0.2) is 9.84 Å². The predicted molar refractivity (Wildman–Crippen MR) is 93.3 cm³/mol. The molecule has 0 aliphatic rings. The summed E-state index contributed by atoms with van der Waals surface area (Å²) in [6, 6.07) is 18.8. The quantitative estimate of drug-likeness (QED) is 0.784. The third-order valence-corrected chi connectivity index (χ3v) is 5.22. The second-order valence-corrected chi connectivity index (χ2v) is 7.65. The van der Waals surface area contributed by atoms with Gasteiger partial charge in [-0.15, -0.1) is 0 Å². The Morgan fingerprint density at radius 3 is 2.13 bits per heavy atom. The molecule has 0 atom stereocenters.